The molecule has 1 aromatic carbocycles. The van der Waals surface area contributed by atoms with Gasteiger partial charge in [0.2, 0.25) is 0 Å². The molecule has 0 bridgehead atoms. The number of hydrogen-bond acceptors (Lipinski definition) is 1. The zero-order chi connectivity index (χ0) is 10.6. The number of benzene rings is 1. The highest BCUT2D eigenvalue weighted by Gasteiger charge is 2.04. The molecule has 0 saturated carbocycles. The van der Waals surface area contributed by atoms with E-state index in [-0.39, 0.29) is 0 Å². The molecule has 0 aliphatic heterocycles. The fourth-order valence-electron chi connectivity index (χ4n) is 1.16. The Morgan fingerprint density at radius 3 is 2.36 bits per heavy atom. The number of aryl methyl sites for hydroxylation is 1. The molecule has 0 amide bonds. The smallest absolute Gasteiger partial charge is 0.0962 e. The molecule has 0 aliphatic carbocycles. The normalized spacial score (nSPS) is 11.9. The van der Waals surface area contributed by atoms with Gasteiger partial charge in [0.15, 0.2) is 0 Å². The van der Waals surface area contributed by atoms with Crippen LogP contribution in [0.1, 0.15) is 24.5 Å². The second-order valence-corrected chi connectivity index (χ2v) is 3.50. The van der Waals surface area contributed by atoms with E-state index in [1.165, 1.54) is 5.56 Å². The molecule has 0 radical (unpaired) electrons. The van der Waals surface area contributed by atoms with E-state index < -0.39 is 0 Å². The third-order valence-corrected chi connectivity index (χ3v) is 2.50. The molecule has 0 spiro atoms. The van der Waals surface area contributed by atoms with Crippen LogP contribution in [0.25, 0.3) is 5.03 Å². The maximum Gasteiger partial charge on any atom is 0.0962 e. The highest BCUT2D eigenvalue weighted by Crippen LogP contribution is 2.24. The summed E-state index contributed by atoms with van der Waals surface area (Å²) >= 11 is 6.08. The van der Waals surface area contributed by atoms with Gasteiger partial charge in [0, 0.05) is 5.57 Å². The number of nitriles is 1. The Labute approximate surface area is 89.6 Å². The first-order valence-electron chi connectivity index (χ1n) is 4.54. The van der Waals surface area contributed by atoms with Crippen LogP contribution in [0.5, 0.6) is 0 Å². The molecule has 0 heterocycles. The molecule has 0 saturated heterocycles. The van der Waals surface area contributed by atoms with Crippen molar-refractivity contribution in [3.8, 4) is 6.07 Å². The van der Waals surface area contributed by atoms with Gasteiger partial charge >= 0.3 is 0 Å². The van der Waals surface area contributed by atoms with Gasteiger partial charge < -0.3 is 0 Å². The van der Waals surface area contributed by atoms with Crippen LogP contribution < -0.4 is 0 Å². The third-order valence-electron chi connectivity index (χ3n) is 2.06. The zero-order valence-corrected chi connectivity index (χ0v) is 9.10. The monoisotopic (exact) mass is 205 g/mol. The molecule has 0 fully saturated rings. The van der Waals surface area contributed by atoms with Crippen molar-refractivity contribution < 1.29 is 0 Å². The summed E-state index contributed by atoms with van der Waals surface area (Å²) in [6.45, 7) is 3.95. The van der Waals surface area contributed by atoms with Crippen LogP contribution in [-0.2, 0) is 0 Å². The van der Waals surface area contributed by atoms with Crippen molar-refractivity contribution in [3.63, 3.8) is 0 Å². The van der Waals surface area contributed by atoms with Gasteiger partial charge in [0.25, 0.3) is 0 Å². The summed E-state index contributed by atoms with van der Waals surface area (Å²) in [5, 5.41) is 9.38. The van der Waals surface area contributed by atoms with Gasteiger partial charge in [0.05, 0.1) is 11.1 Å². The molecule has 0 unspecified atom stereocenters. The molecule has 1 rings (SSSR count). The van der Waals surface area contributed by atoms with Crippen LogP contribution in [0.4, 0.5) is 0 Å². The number of allylic oxidation sites excluding steroid dienone is 1. The van der Waals surface area contributed by atoms with Gasteiger partial charge in [0.1, 0.15) is 0 Å². The lowest BCUT2D eigenvalue weighted by Gasteiger charge is -2.02. The van der Waals surface area contributed by atoms with Crippen molar-refractivity contribution in [2.45, 2.75) is 20.3 Å². The van der Waals surface area contributed by atoms with Crippen molar-refractivity contribution in [1.82, 2.24) is 0 Å². The molecule has 0 aliphatic rings. The Hall–Kier alpha value is -1.26. The lowest BCUT2D eigenvalue weighted by molar-refractivity contribution is 1.16. The van der Waals surface area contributed by atoms with Crippen LogP contribution in [0.2, 0.25) is 0 Å². The van der Waals surface area contributed by atoms with E-state index >= 15 is 0 Å². The Balaban J connectivity index is 3.12. The summed E-state index contributed by atoms with van der Waals surface area (Å²) in [5.41, 5.74) is 2.74. The molecular weight excluding hydrogens is 194 g/mol. The van der Waals surface area contributed by atoms with E-state index in [1.54, 1.807) is 0 Å². The first-order chi connectivity index (χ1) is 6.69. The lowest BCUT2D eigenvalue weighted by Crippen LogP contribution is -1.83. The second-order valence-electron chi connectivity index (χ2n) is 3.12. The van der Waals surface area contributed by atoms with Crippen LogP contribution in [0.3, 0.4) is 0 Å². The van der Waals surface area contributed by atoms with Gasteiger partial charge in [-0.15, -0.1) is 0 Å². The molecule has 0 aromatic heterocycles. The van der Waals surface area contributed by atoms with Crippen LogP contribution in [0.15, 0.2) is 29.8 Å². The number of nitrogens with zero attached hydrogens (tertiary/aromatic N) is 1. The summed E-state index contributed by atoms with van der Waals surface area (Å²) in [6, 6.07) is 9.96. The molecule has 1 nitrogen and oxygen atoms in total. The largest absolute Gasteiger partial charge is 0.193 e. The average Bonchev–Trinajstić information content (AvgIpc) is 2.20. The first kappa shape index (κ1) is 10.8. The molecule has 0 N–H and O–H groups in total. The number of halogens is 1. The standard InChI is InChI=1S/C12H12ClN/c1-3-10(8-14)12(13)11-6-4-9(2)5-7-11/h4-7H,3H2,1-2H3. The van der Waals surface area contributed by atoms with Crippen molar-refractivity contribution >= 4 is 16.6 Å². The molecule has 72 valence electrons. The number of rotatable bonds is 2. The average molecular weight is 206 g/mol. The van der Waals surface area contributed by atoms with Crippen molar-refractivity contribution in [2.75, 3.05) is 0 Å². The Kier molecular flexibility index (Phi) is 3.73. The lowest BCUT2D eigenvalue weighted by atomic mass is 10.1. The van der Waals surface area contributed by atoms with Crippen LogP contribution in [-0.4, -0.2) is 0 Å². The second kappa shape index (κ2) is 4.83. The fraction of sp³-hybridized carbons (Fsp3) is 0.250. The zero-order valence-electron chi connectivity index (χ0n) is 8.34. The highest BCUT2D eigenvalue weighted by molar-refractivity contribution is 6.49. The van der Waals surface area contributed by atoms with E-state index in [0.717, 1.165) is 5.56 Å². The van der Waals surface area contributed by atoms with E-state index in [1.807, 2.05) is 38.1 Å². The predicted octanol–water partition coefficient (Wildman–Crippen LogP) is 3.88. The fourth-order valence-corrected chi connectivity index (χ4v) is 1.46. The Bertz CT molecular complexity index is 382. The SMILES string of the molecule is CCC(C#N)=C(Cl)c1ccc(C)cc1. The van der Waals surface area contributed by atoms with E-state index in [4.69, 9.17) is 16.9 Å². The van der Waals surface area contributed by atoms with Crippen LogP contribution >= 0.6 is 11.6 Å². The minimum atomic E-state index is 0.565. The van der Waals surface area contributed by atoms with Crippen LogP contribution in [0, 0.1) is 18.3 Å². The van der Waals surface area contributed by atoms with Gasteiger partial charge in [-0.25, -0.2) is 0 Å². The topological polar surface area (TPSA) is 23.8 Å². The maximum atomic E-state index is 8.82. The van der Waals surface area contributed by atoms with Gasteiger partial charge in [-0.1, -0.05) is 48.4 Å². The summed E-state index contributed by atoms with van der Waals surface area (Å²) in [4.78, 5) is 0. The minimum absolute atomic E-state index is 0.565. The van der Waals surface area contributed by atoms with E-state index in [9.17, 15) is 0 Å². The third kappa shape index (κ3) is 2.37. The highest BCUT2D eigenvalue weighted by atomic mass is 35.5. The first-order valence-corrected chi connectivity index (χ1v) is 4.92. The predicted molar refractivity (Wildman–Crippen MR) is 59.9 cm³/mol. The minimum Gasteiger partial charge on any atom is -0.193 e. The summed E-state index contributed by atoms with van der Waals surface area (Å²) < 4.78 is 0. The van der Waals surface area contributed by atoms with Gasteiger partial charge in [-0.3, -0.25) is 0 Å². The Morgan fingerprint density at radius 1 is 1.36 bits per heavy atom. The summed E-state index contributed by atoms with van der Waals surface area (Å²) in [6.07, 6.45) is 0.670. The molecule has 2 heteroatoms. The molecule has 14 heavy (non-hydrogen) atoms. The maximum absolute atomic E-state index is 8.82. The van der Waals surface area contributed by atoms with Crippen molar-refractivity contribution in [3.05, 3.63) is 41.0 Å². The summed E-state index contributed by atoms with van der Waals surface area (Å²) in [5.74, 6) is 0. The Morgan fingerprint density at radius 2 is 1.93 bits per heavy atom. The van der Waals surface area contributed by atoms with E-state index in [0.29, 0.717) is 17.0 Å². The molecular formula is C12H12ClN. The van der Waals surface area contributed by atoms with Crippen molar-refractivity contribution in [1.29, 1.82) is 5.26 Å². The summed E-state index contributed by atoms with van der Waals surface area (Å²) in [7, 11) is 0. The number of hydrogen-bond donors (Lipinski definition) is 0. The van der Waals surface area contributed by atoms with E-state index in [2.05, 4.69) is 6.07 Å². The quantitative estimate of drug-likeness (QED) is 0.673. The van der Waals surface area contributed by atoms with Crippen molar-refractivity contribution in [2.24, 2.45) is 0 Å². The van der Waals surface area contributed by atoms with Gasteiger partial charge in [-0.2, -0.15) is 5.26 Å². The molecule has 1 aromatic rings. The molecule has 0 atom stereocenters. The van der Waals surface area contributed by atoms with Gasteiger partial charge in [-0.05, 0) is 18.9 Å².